The van der Waals surface area contributed by atoms with Crippen molar-refractivity contribution in [1.82, 2.24) is 0 Å². The van der Waals surface area contributed by atoms with Crippen molar-refractivity contribution < 1.29 is 9.59 Å². The summed E-state index contributed by atoms with van der Waals surface area (Å²) in [6, 6.07) is 8.74. The quantitative estimate of drug-likeness (QED) is 0.796. The predicted molar refractivity (Wildman–Crippen MR) is 60.8 cm³/mol. The first-order valence-corrected chi connectivity index (χ1v) is 5.21. The zero-order valence-electron chi connectivity index (χ0n) is 9.09. The lowest BCUT2D eigenvalue weighted by molar-refractivity contribution is -0.123. The third-order valence-electron chi connectivity index (χ3n) is 2.81. The highest BCUT2D eigenvalue weighted by molar-refractivity contribution is 6.00. The van der Waals surface area contributed by atoms with Crippen molar-refractivity contribution in [2.24, 2.45) is 11.7 Å². The first-order chi connectivity index (χ1) is 8.11. The van der Waals surface area contributed by atoms with Crippen LogP contribution in [0.1, 0.15) is 12.0 Å². The Hall–Kier alpha value is -2.35. The molecular weight excluding hydrogens is 218 g/mol. The molecule has 1 saturated heterocycles. The minimum absolute atomic E-state index is 0.135. The van der Waals surface area contributed by atoms with Crippen LogP contribution >= 0.6 is 0 Å². The van der Waals surface area contributed by atoms with E-state index in [1.165, 1.54) is 4.90 Å². The van der Waals surface area contributed by atoms with Gasteiger partial charge in [-0.05, 0) is 18.2 Å². The lowest BCUT2D eigenvalue weighted by Gasteiger charge is -2.16. The van der Waals surface area contributed by atoms with Crippen molar-refractivity contribution >= 4 is 17.5 Å². The molecule has 1 aromatic carbocycles. The molecular formula is C12H11N3O2. The average Bonchev–Trinajstić information content (AvgIpc) is 2.72. The number of hydrogen-bond acceptors (Lipinski definition) is 3. The Morgan fingerprint density at radius 2 is 2.29 bits per heavy atom. The summed E-state index contributed by atoms with van der Waals surface area (Å²) in [6.45, 7) is 0.295. The molecule has 1 aliphatic heterocycles. The second-order valence-corrected chi connectivity index (χ2v) is 3.97. The molecule has 0 bridgehead atoms. The molecule has 0 aliphatic carbocycles. The molecule has 86 valence electrons. The number of nitrogens with zero attached hydrogens (tertiary/aromatic N) is 2. The highest BCUT2D eigenvalue weighted by Gasteiger charge is 2.33. The van der Waals surface area contributed by atoms with E-state index in [1.807, 2.05) is 6.07 Å². The van der Waals surface area contributed by atoms with E-state index in [9.17, 15) is 9.59 Å². The highest BCUT2D eigenvalue weighted by atomic mass is 16.2. The van der Waals surface area contributed by atoms with Gasteiger partial charge in [0, 0.05) is 18.7 Å². The van der Waals surface area contributed by atoms with Gasteiger partial charge >= 0.3 is 0 Å². The Morgan fingerprint density at radius 1 is 1.53 bits per heavy atom. The van der Waals surface area contributed by atoms with E-state index < -0.39 is 11.8 Å². The molecule has 1 atom stereocenters. The smallest absolute Gasteiger partial charge is 0.227 e. The summed E-state index contributed by atoms with van der Waals surface area (Å²) in [6.07, 6.45) is 0.145. The number of primary amides is 1. The fourth-order valence-electron chi connectivity index (χ4n) is 1.89. The molecule has 5 heteroatoms. The summed E-state index contributed by atoms with van der Waals surface area (Å²) < 4.78 is 0. The van der Waals surface area contributed by atoms with Gasteiger partial charge in [0.05, 0.1) is 17.6 Å². The lowest BCUT2D eigenvalue weighted by atomic mass is 10.1. The van der Waals surface area contributed by atoms with E-state index in [4.69, 9.17) is 11.0 Å². The third-order valence-corrected chi connectivity index (χ3v) is 2.81. The Morgan fingerprint density at radius 3 is 2.88 bits per heavy atom. The molecule has 0 aromatic heterocycles. The molecule has 0 radical (unpaired) electrons. The van der Waals surface area contributed by atoms with Crippen LogP contribution in [0.15, 0.2) is 24.3 Å². The second kappa shape index (κ2) is 4.26. The van der Waals surface area contributed by atoms with Gasteiger partial charge in [0.2, 0.25) is 11.8 Å². The van der Waals surface area contributed by atoms with Crippen molar-refractivity contribution in [3.05, 3.63) is 29.8 Å². The summed E-state index contributed by atoms with van der Waals surface area (Å²) in [7, 11) is 0. The van der Waals surface area contributed by atoms with Crippen LogP contribution in [-0.4, -0.2) is 18.4 Å². The summed E-state index contributed by atoms with van der Waals surface area (Å²) >= 11 is 0. The molecule has 2 amide bonds. The van der Waals surface area contributed by atoms with E-state index in [-0.39, 0.29) is 12.3 Å². The van der Waals surface area contributed by atoms with Crippen molar-refractivity contribution in [3.8, 4) is 6.07 Å². The van der Waals surface area contributed by atoms with E-state index in [0.717, 1.165) is 0 Å². The Kier molecular flexibility index (Phi) is 2.79. The second-order valence-electron chi connectivity index (χ2n) is 3.97. The number of hydrogen-bond donors (Lipinski definition) is 1. The number of amides is 2. The maximum Gasteiger partial charge on any atom is 0.227 e. The van der Waals surface area contributed by atoms with Crippen LogP contribution in [0.5, 0.6) is 0 Å². The fraction of sp³-hybridized carbons (Fsp3) is 0.250. The summed E-state index contributed by atoms with van der Waals surface area (Å²) in [4.78, 5) is 24.3. The van der Waals surface area contributed by atoms with E-state index in [0.29, 0.717) is 17.8 Å². The van der Waals surface area contributed by atoms with Gasteiger partial charge in [0.25, 0.3) is 0 Å². The normalized spacial score (nSPS) is 19.1. The third kappa shape index (κ3) is 2.11. The first-order valence-electron chi connectivity index (χ1n) is 5.21. The predicted octanol–water partition coefficient (Wildman–Crippen LogP) is 0.396. The molecule has 1 fully saturated rings. The molecule has 1 aliphatic rings. The number of carbonyl (C=O) groups excluding carboxylic acids is 2. The van der Waals surface area contributed by atoms with Gasteiger partial charge < -0.3 is 10.6 Å². The van der Waals surface area contributed by atoms with Crippen LogP contribution in [0.25, 0.3) is 0 Å². The maximum atomic E-state index is 11.7. The highest BCUT2D eigenvalue weighted by Crippen LogP contribution is 2.25. The topological polar surface area (TPSA) is 87.2 Å². The Bertz CT molecular complexity index is 519. The molecule has 0 spiro atoms. The molecule has 2 rings (SSSR count). The minimum atomic E-state index is -0.461. The van der Waals surface area contributed by atoms with Crippen LogP contribution in [0.3, 0.4) is 0 Å². The van der Waals surface area contributed by atoms with Crippen molar-refractivity contribution in [3.63, 3.8) is 0 Å². The van der Waals surface area contributed by atoms with Crippen molar-refractivity contribution in [1.29, 1.82) is 5.26 Å². The van der Waals surface area contributed by atoms with Crippen molar-refractivity contribution in [2.75, 3.05) is 11.4 Å². The lowest BCUT2D eigenvalue weighted by Crippen LogP contribution is -2.28. The Labute approximate surface area is 98.4 Å². The number of carbonyl (C=O) groups is 2. The standard InChI is InChI=1S/C12H11N3O2/c13-6-8-2-1-3-10(4-8)15-7-9(12(14)17)5-11(15)16/h1-4,9H,5,7H2,(H2,14,17). The molecule has 1 aromatic rings. The molecule has 0 saturated carbocycles. The van der Waals surface area contributed by atoms with Gasteiger partial charge in [0.1, 0.15) is 0 Å². The molecule has 5 nitrogen and oxygen atoms in total. The number of nitrogens with two attached hydrogens (primary N) is 1. The summed E-state index contributed by atoms with van der Waals surface area (Å²) in [5, 5.41) is 8.78. The Balaban J connectivity index is 2.26. The molecule has 2 N–H and O–H groups in total. The van der Waals surface area contributed by atoms with Crippen LogP contribution in [0.2, 0.25) is 0 Å². The van der Waals surface area contributed by atoms with E-state index in [1.54, 1.807) is 24.3 Å². The zero-order chi connectivity index (χ0) is 12.4. The fourth-order valence-corrected chi connectivity index (χ4v) is 1.89. The minimum Gasteiger partial charge on any atom is -0.369 e. The number of benzene rings is 1. The maximum absolute atomic E-state index is 11.7. The van der Waals surface area contributed by atoms with Crippen LogP contribution in [0, 0.1) is 17.2 Å². The van der Waals surface area contributed by atoms with Crippen LogP contribution in [0.4, 0.5) is 5.69 Å². The largest absolute Gasteiger partial charge is 0.369 e. The van der Waals surface area contributed by atoms with Crippen LogP contribution < -0.4 is 10.6 Å². The van der Waals surface area contributed by atoms with E-state index >= 15 is 0 Å². The zero-order valence-corrected chi connectivity index (χ0v) is 9.09. The summed E-state index contributed by atoms with van der Waals surface area (Å²) in [5.74, 6) is -1.03. The van der Waals surface area contributed by atoms with Crippen molar-refractivity contribution in [2.45, 2.75) is 6.42 Å². The summed E-state index contributed by atoms with van der Waals surface area (Å²) in [5.41, 5.74) is 6.31. The SMILES string of the molecule is N#Cc1cccc(N2CC(C(N)=O)CC2=O)c1. The monoisotopic (exact) mass is 229 g/mol. The van der Waals surface area contributed by atoms with Gasteiger partial charge in [-0.1, -0.05) is 6.07 Å². The van der Waals surface area contributed by atoms with Gasteiger partial charge in [0.15, 0.2) is 0 Å². The van der Waals surface area contributed by atoms with E-state index in [2.05, 4.69) is 0 Å². The molecule has 17 heavy (non-hydrogen) atoms. The molecule has 1 unspecified atom stereocenters. The molecule has 1 heterocycles. The first kappa shape index (κ1) is 11.1. The number of nitriles is 1. The van der Waals surface area contributed by atoms with Crippen LogP contribution in [-0.2, 0) is 9.59 Å². The van der Waals surface area contributed by atoms with Gasteiger partial charge in [-0.15, -0.1) is 0 Å². The van der Waals surface area contributed by atoms with Gasteiger partial charge in [-0.3, -0.25) is 9.59 Å². The number of anilines is 1. The average molecular weight is 229 g/mol. The van der Waals surface area contributed by atoms with Gasteiger partial charge in [-0.2, -0.15) is 5.26 Å². The van der Waals surface area contributed by atoms with Gasteiger partial charge in [-0.25, -0.2) is 0 Å². The number of rotatable bonds is 2.